The first kappa shape index (κ1) is 20.4. The van der Waals surface area contributed by atoms with Crippen LogP contribution in [-0.4, -0.2) is 19.5 Å². The Labute approximate surface area is 192 Å². The number of para-hydroxylation sites is 1. The molecule has 2 aromatic carbocycles. The summed E-state index contributed by atoms with van der Waals surface area (Å²) in [5.74, 6) is 1.49. The number of thioether (sulfide) groups is 1. The standard InChI is InChI=1S/C24H19N5OS2/c1-2-12-29-23(30)20-17(15-8-4-3-5-9-15)13-31-22(20)28-24(29)32-14-19-26-18-11-7-6-10-16(18)21(25)27-19/h2-11,13H,1,12,14H2,(H2,25,26,27). The quantitative estimate of drug-likeness (QED) is 0.216. The molecule has 0 saturated heterocycles. The second-order valence-electron chi connectivity index (χ2n) is 7.13. The van der Waals surface area contributed by atoms with Crippen LogP contribution in [0.2, 0.25) is 0 Å². The zero-order valence-corrected chi connectivity index (χ0v) is 18.7. The molecule has 0 unspecified atom stereocenters. The summed E-state index contributed by atoms with van der Waals surface area (Å²) in [6.45, 7) is 4.19. The van der Waals surface area contributed by atoms with Crippen molar-refractivity contribution < 1.29 is 0 Å². The van der Waals surface area contributed by atoms with Gasteiger partial charge in [-0.15, -0.1) is 17.9 Å². The normalized spacial score (nSPS) is 11.2. The van der Waals surface area contributed by atoms with E-state index in [1.807, 2.05) is 60.0 Å². The molecule has 0 bridgehead atoms. The highest BCUT2D eigenvalue weighted by molar-refractivity contribution is 7.98. The molecule has 32 heavy (non-hydrogen) atoms. The predicted molar refractivity (Wildman–Crippen MR) is 133 cm³/mol. The van der Waals surface area contributed by atoms with E-state index in [-0.39, 0.29) is 5.56 Å². The maximum atomic E-state index is 13.5. The molecule has 2 N–H and O–H groups in total. The third-order valence-electron chi connectivity index (χ3n) is 5.06. The summed E-state index contributed by atoms with van der Waals surface area (Å²) in [4.78, 5) is 28.0. The topological polar surface area (TPSA) is 86.7 Å². The smallest absolute Gasteiger partial charge is 0.263 e. The molecular formula is C24H19N5OS2. The van der Waals surface area contributed by atoms with Crippen molar-refractivity contribution in [3.8, 4) is 11.1 Å². The van der Waals surface area contributed by atoms with Crippen molar-refractivity contribution in [1.29, 1.82) is 0 Å². The van der Waals surface area contributed by atoms with Crippen molar-refractivity contribution in [3.63, 3.8) is 0 Å². The molecule has 0 aliphatic carbocycles. The van der Waals surface area contributed by atoms with E-state index < -0.39 is 0 Å². The fourth-order valence-electron chi connectivity index (χ4n) is 3.58. The molecule has 0 saturated carbocycles. The van der Waals surface area contributed by atoms with E-state index in [1.54, 1.807) is 10.6 Å². The average Bonchev–Trinajstić information content (AvgIpc) is 3.25. The number of fused-ring (bicyclic) bond motifs is 2. The number of allylic oxidation sites excluding steroid dienone is 1. The average molecular weight is 458 g/mol. The second kappa shape index (κ2) is 8.57. The van der Waals surface area contributed by atoms with Gasteiger partial charge in [0.1, 0.15) is 16.5 Å². The molecule has 0 aliphatic heterocycles. The van der Waals surface area contributed by atoms with Gasteiger partial charge in [-0.25, -0.2) is 15.0 Å². The van der Waals surface area contributed by atoms with Gasteiger partial charge in [0.2, 0.25) is 0 Å². The van der Waals surface area contributed by atoms with Crippen LogP contribution in [0, 0.1) is 0 Å². The molecule has 8 heteroatoms. The molecule has 5 rings (SSSR count). The minimum atomic E-state index is -0.0727. The molecular weight excluding hydrogens is 438 g/mol. The van der Waals surface area contributed by atoms with Gasteiger partial charge in [-0.2, -0.15) is 0 Å². The number of hydrogen-bond acceptors (Lipinski definition) is 7. The van der Waals surface area contributed by atoms with Crippen LogP contribution in [0.15, 0.2) is 82.6 Å². The Morgan fingerprint density at radius 3 is 2.66 bits per heavy atom. The van der Waals surface area contributed by atoms with E-state index in [0.29, 0.717) is 34.5 Å². The van der Waals surface area contributed by atoms with Crippen LogP contribution < -0.4 is 11.3 Å². The Balaban J connectivity index is 1.55. The minimum absolute atomic E-state index is 0.0727. The first-order chi connectivity index (χ1) is 15.7. The van der Waals surface area contributed by atoms with E-state index in [9.17, 15) is 4.79 Å². The lowest BCUT2D eigenvalue weighted by atomic mass is 10.1. The third-order valence-corrected chi connectivity index (χ3v) is 6.91. The number of nitrogens with two attached hydrogens (primary N) is 1. The highest BCUT2D eigenvalue weighted by Gasteiger charge is 2.17. The van der Waals surface area contributed by atoms with Crippen LogP contribution in [0.1, 0.15) is 5.82 Å². The fraction of sp³-hybridized carbons (Fsp3) is 0.0833. The minimum Gasteiger partial charge on any atom is -0.383 e. The predicted octanol–water partition coefficient (Wildman–Crippen LogP) is 5.13. The van der Waals surface area contributed by atoms with Crippen LogP contribution in [-0.2, 0) is 12.3 Å². The molecule has 0 spiro atoms. The number of thiophene rings is 1. The Kier molecular flexibility index (Phi) is 5.46. The van der Waals surface area contributed by atoms with Gasteiger partial charge in [0.25, 0.3) is 5.56 Å². The Bertz CT molecular complexity index is 1510. The number of benzene rings is 2. The zero-order chi connectivity index (χ0) is 22.1. The second-order valence-corrected chi connectivity index (χ2v) is 8.93. The highest BCUT2D eigenvalue weighted by Crippen LogP contribution is 2.32. The van der Waals surface area contributed by atoms with E-state index in [0.717, 1.165) is 26.9 Å². The zero-order valence-electron chi connectivity index (χ0n) is 17.1. The van der Waals surface area contributed by atoms with Crippen LogP contribution in [0.25, 0.3) is 32.2 Å². The van der Waals surface area contributed by atoms with Gasteiger partial charge in [0.05, 0.1) is 16.7 Å². The summed E-state index contributed by atoms with van der Waals surface area (Å²) < 4.78 is 1.66. The van der Waals surface area contributed by atoms with Gasteiger partial charge < -0.3 is 5.73 Å². The van der Waals surface area contributed by atoms with Crippen molar-refractivity contribution in [3.05, 3.63) is 88.8 Å². The first-order valence-electron chi connectivity index (χ1n) is 9.98. The number of nitrogens with zero attached hydrogens (tertiary/aromatic N) is 4. The molecule has 3 heterocycles. The van der Waals surface area contributed by atoms with Crippen LogP contribution in [0.3, 0.4) is 0 Å². The summed E-state index contributed by atoms with van der Waals surface area (Å²) in [6.07, 6.45) is 1.71. The van der Waals surface area contributed by atoms with Crippen LogP contribution >= 0.6 is 23.1 Å². The molecule has 0 radical (unpaired) electrons. The number of rotatable bonds is 6. The van der Waals surface area contributed by atoms with Gasteiger partial charge in [0, 0.05) is 22.9 Å². The lowest BCUT2D eigenvalue weighted by molar-refractivity contribution is 0.672. The summed E-state index contributed by atoms with van der Waals surface area (Å²) in [6, 6.07) is 17.5. The summed E-state index contributed by atoms with van der Waals surface area (Å²) >= 11 is 2.90. The maximum Gasteiger partial charge on any atom is 0.263 e. The van der Waals surface area contributed by atoms with Crippen molar-refractivity contribution in [2.75, 3.05) is 5.73 Å². The maximum absolute atomic E-state index is 13.5. The van der Waals surface area contributed by atoms with Crippen molar-refractivity contribution in [1.82, 2.24) is 19.5 Å². The molecule has 0 fully saturated rings. The number of aromatic nitrogens is 4. The van der Waals surface area contributed by atoms with Crippen LogP contribution in [0.5, 0.6) is 0 Å². The fourth-order valence-corrected chi connectivity index (χ4v) is 5.43. The Morgan fingerprint density at radius 2 is 1.84 bits per heavy atom. The highest BCUT2D eigenvalue weighted by atomic mass is 32.2. The van der Waals surface area contributed by atoms with E-state index in [4.69, 9.17) is 10.7 Å². The molecule has 0 amide bonds. The van der Waals surface area contributed by atoms with Crippen molar-refractivity contribution >= 4 is 50.0 Å². The van der Waals surface area contributed by atoms with Gasteiger partial charge in [-0.3, -0.25) is 9.36 Å². The monoisotopic (exact) mass is 457 g/mol. The molecule has 3 aromatic heterocycles. The molecule has 158 valence electrons. The molecule has 0 aliphatic rings. The Morgan fingerprint density at radius 1 is 1.06 bits per heavy atom. The molecule has 6 nitrogen and oxygen atoms in total. The molecule has 0 atom stereocenters. The number of hydrogen-bond donors (Lipinski definition) is 1. The molecule has 5 aromatic rings. The van der Waals surface area contributed by atoms with E-state index in [1.165, 1.54) is 23.1 Å². The summed E-state index contributed by atoms with van der Waals surface area (Å²) in [5.41, 5.74) is 8.75. The number of nitrogen functional groups attached to an aromatic ring is 1. The van der Waals surface area contributed by atoms with E-state index >= 15 is 0 Å². The SMILES string of the molecule is C=CCn1c(SCc2nc(N)c3ccccc3n2)nc2scc(-c3ccccc3)c2c1=O. The van der Waals surface area contributed by atoms with Crippen LogP contribution in [0.4, 0.5) is 5.82 Å². The number of anilines is 1. The lowest BCUT2D eigenvalue weighted by Crippen LogP contribution is -2.22. The first-order valence-corrected chi connectivity index (χ1v) is 11.8. The summed E-state index contributed by atoms with van der Waals surface area (Å²) in [7, 11) is 0. The van der Waals surface area contributed by atoms with Gasteiger partial charge >= 0.3 is 0 Å². The van der Waals surface area contributed by atoms with E-state index in [2.05, 4.69) is 16.5 Å². The lowest BCUT2D eigenvalue weighted by Gasteiger charge is -2.11. The van der Waals surface area contributed by atoms with Gasteiger partial charge in [-0.1, -0.05) is 60.3 Å². The Hall–Kier alpha value is -3.49. The van der Waals surface area contributed by atoms with Gasteiger partial charge in [-0.05, 0) is 17.7 Å². The summed E-state index contributed by atoms with van der Waals surface area (Å²) in [5, 5.41) is 4.07. The van der Waals surface area contributed by atoms with Crippen molar-refractivity contribution in [2.45, 2.75) is 17.5 Å². The van der Waals surface area contributed by atoms with Crippen molar-refractivity contribution in [2.24, 2.45) is 0 Å². The largest absolute Gasteiger partial charge is 0.383 e. The third kappa shape index (κ3) is 3.68. The van der Waals surface area contributed by atoms with Gasteiger partial charge in [0.15, 0.2) is 5.16 Å².